The van der Waals surface area contributed by atoms with Gasteiger partial charge in [-0.1, -0.05) is 6.92 Å². The van der Waals surface area contributed by atoms with E-state index in [2.05, 4.69) is 32.2 Å². The number of rotatable bonds is 7. The van der Waals surface area contributed by atoms with E-state index in [0.717, 1.165) is 37.5 Å². The van der Waals surface area contributed by atoms with Gasteiger partial charge < -0.3 is 9.88 Å². The Morgan fingerprint density at radius 1 is 1.44 bits per heavy atom. The van der Waals surface area contributed by atoms with Crippen molar-refractivity contribution in [2.24, 2.45) is 0 Å². The van der Waals surface area contributed by atoms with Crippen LogP contribution in [-0.4, -0.2) is 21.1 Å². The molecule has 0 aliphatic carbocycles. The summed E-state index contributed by atoms with van der Waals surface area (Å²) >= 11 is 1.71. The quantitative estimate of drug-likeness (QED) is 0.781. The van der Waals surface area contributed by atoms with Crippen molar-refractivity contribution in [3.05, 3.63) is 34.3 Å². The van der Waals surface area contributed by atoms with Gasteiger partial charge in [0.2, 0.25) is 0 Å². The van der Waals surface area contributed by atoms with Gasteiger partial charge in [0, 0.05) is 31.1 Å². The lowest BCUT2D eigenvalue weighted by Gasteiger charge is -2.07. The van der Waals surface area contributed by atoms with Crippen molar-refractivity contribution in [2.45, 2.75) is 39.8 Å². The standard InChI is InChI=1S/C13H20N4S/c1-3-5-14-7-13-8-15-10-17(13)6-4-12-9-18-11(2)16-12/h8-10,14H,3-7H2,1-2H3. The molecule has 2 rings (SSSR count). The first kappa shape index (κ1) is 13.2. The Hall–Kier alpha value is -1.20. The molecule has 0 spiro atoms. The number of aryl methyl sites for hydroxylation is 3. The fourth-order valence-corrected chi connectivity index (χ4v) is 2.50. The summed E-state index contributed by atoms with van der Waals surface area (Å²) in [7, 11) is 0. The van der Waals surface area contributed by atoms with Gasteiger partial charge in [0.05, 0.1) is 22.7 Å². The predicted octanol–water partition coefficient (Wildman–Crippen LogP) is 2.39. The lowest BCUT2D eigenvalue weighted by molar-refractivity contribution is 0.602. The molecular weight excluding hydrogens is 244 g/mol. The van der Waals surface area contributed by atoms with Crippen molar-refractivity contribution in [1.82, 2.24) is 19.9 Å². The summed E-state index contributed by atoms with van der Waals surface area (Å²) in [5.74, 6) is 0. The Morgan fingerprint density at radius 3 is 3.06 bits per heavy atom. The first-order valence-electron chi connectivity index (χ1n) is 6.40. The van der Waals surface area contributed by atoms with Gasteiger partial charge in [0.15, 0.2) is 0 Å². The average molecular weight is 264 g/mol. The van der Waals surface area contributed by atoms with Crippen molar-refractivity contribution in [1.29, 1.82) is 0 Å². The summed E-state index contributed by atoms with van der Waals surface area (Å²) in [5, 5.41) is 6.69. The van der Waals surface area contributed by atoms with E-state index >= 15 is 0 Å². The molecule has 0 amide bonds. The van der Waals surface area contributed by atoms with Crippen LogP contribution in [0.25, 0.3) is 0 Å². The first-order valence-corrected chi connectivity index (χ1v) is 7.28. The van der Waals surface area contributed by atoms with Crippen molar-refractivity contribution in [2.75, 3.05) is 6.54 Å². The fraction of sp³-hybridized carbons (Fsp3) is 0.538. The number of imidazole rings is 1. The topological polar surface area (TPSA) is 42.7 Å². The van der Waals surface area contributed by atoms with Gasteiger partial charge in [-0.3, -0.25) is 0 Å². The summed E-state index contributed by atoms with van der Waals surface area (Å²) in [6.45, 7) is 7.12. The van der Waals surface area contributed by atoms with Gasteiger partial charge >= 0.3 is 0 Å². The summed E-state index contributed by atoms with van der Waals surface area (Å²) in [6.07, 6.45) is 5.98. The minimum atomic E-state index is 0.893. The molecule has 0 fully saturated rings. The second kappa shape index (κ2) is 6.66. The van der Waals surface area contributed by atoms with E-state index in [1.165, 1.54) is 11.4 Å². The van der Waals surface area contributed by atoms with E-state index in [4.69, 9.17) is 0 Å². The molecular formula is C13H20N4S. The van der Waals surface area contributed by atoms with Crippen molar-refractivity contribution in [3.8, 4) is 0 Å². The van der Waals surface area contributed by atoms with Crippen molar-refractivity contribution < 1.29 is 0 Å². The number of hydrogen-bond acceptors (Lipinski definition) is 4. The van der Waals surface area contributed by atoms with Gasteiger partial charge in [0.1, 0.15) is 0 Å². The van der Waals surface area contributed by atoms with Gasteiger partial charge in [-0.25, -0.2) is 9.97 Å². The summed E-state index contributed by atoms with van der Waals surface area (Å²) < 4.78 is 2.21. The number of thiazole rings is 1. The normalized spacial score (nSPS) is 11.0. The number of aromatic nitrogens is 3. The van der Waals surface area contributed by atoms with Crippen LogP contribution in [0, 0.1) is 6.92 Å². The summed E-state index contributed by atoms with van der Waals surface area (Å²) in [6, 6.07) is 0. The van der Waals surface area contributed by atoms with E-state index in [1.54, 1.807) is 11.3 Å². The highest BCUT2D eigenvalue weighted by atomic mass is 32.1. The molecule has 5 heteroatoms. The van der Waals surface area contributed by atoms with Crippen LogP contribution in [0.15, 0.2) is 17.9 Å². The van der Waals surface area contributed by atoms with Crippen molar-refractivity contribution in [3.63, 3.8) is 0 Å². The molecule has 1 N–H and O–H groups in total. The van der Waals surface area contributed by atoms with E-state index in [-0.39, 0.29) is 0 Å². The smallest absolute Gasteiger partial charge is 0.0948 e. The van der Waals surface area contributed by atoms with Gasteiger partial charge in [-0.15, -0.1) is 11.3 Å². The molecule has 2 heterocycles. The molecule has 4 nitrogen and oxygen atoms in total. The molecule has 0 aliphatic rings. The fourth-order valence-electron chi connectivity index (χ4n) is 1.85. The number of hydrogen-bond donors (Lipinski definition) is 1. The lowest BCUT2D eigenvalue weighted by Crippen LogP contribution is -2.17. The SMILES string of the molecule is CCCNCc1cncn1CCc1csc(C)n1. The molecule has 0 unspecified atom stereocenters. The highest BCUT2D eigenvalue weighted by molar-refractivity contribution is 7.09. The molecule has 18 heavy (non-hydrogen) atoms. The maximum absolute atomic E-state index is 4.48. The molecule has 0 bridgehead atoms. The molecule has 98 valence electrons. The second-order valence-electron chi connectivity index (χ2n) is 4.36. The third kappa shape index (κ3) is 3.65. The minimum Gasteiger partial charge on any atom is -0.333 e. The highest BCUT2D eigenvalue weighted by Crippen LogP contribution is 2.10. The Bertz CT molecular complexity index is 475. The zero-order valence-electron chi connectivity index (χ0n) is 11.0. The van der Waals surface area contributed by atoms with E-state index in [9.17, 15) is 0 Å². The Morgan fingerprint density at radius 2 is 2.33 bits per heavy atom. The molecule has 0 atom stereocenters. The van der Waals surface area contributed by atoms with Crippen LogP contribution < -0.4 is 5.32 Å². The molecule has 0 radical (unpaired) electrons. The lowest BCUT2D eigenvalue weighted by atomic mass is 10.3. The highest BCUT2D eigenvalue weighted by Gasteiger charge is 2.03. The van der Waals surface area contributed by atoms with E-state index in [1.807, 2.05) is 19.4 Å². The van der Waals surface area contributed by atoms with Crippen LogP contribution in [0.2, 0.25) is 0 Å². The van der Waals surface area contributed by atoms with E-state index < -0.39 is 0 Å². The third-order valence-corrected chi connectivity index (χ3v) is 3.63. The Balaban J connectivity index is 1.87. The molecule has 2 aromatic heterocycles. The number of nitrogens with one attached hydrogen (secondary N) is 1. The van der Waals surface area contributed by atoms with Crippen molar-refractivity contribution >= 4 is 11.3 Å². The Labute approximate surface area is 112 Å². The van der Waals surface area contributed by atoms with E-state index in [0.29, 0.717) is 0 Å². The van der Waals surface area contributed by atoms with Crippen LogP contribution in [0.5, 0.6) is 0 Å². The largest absolute Gasteiger partial charge is 0.333 e. The number of nitrogens with zero attached hydrogens (tertiary/aromatic N) is 3. The van der Waals surface area contributed by atoms with Crippen LogP contribution in [0.3, 0.4) is 0 Å². The molecule has 0 saturated heterocycles. The second-order valence-corrected chi connectivity index (χ2v) is 5.43. The van der Waals surface area contributed by atoms with Crippen LogP contribution in [-0.2, 0) is 19.5 Å². The third-order valence-electron chi connectivity index (χ3n) is 2.81. The Kier molecular flexibility index (Phi) is 4.90. The van der Waals surface area contributed by atoms with Gasteiger partial charge in [-0.2, -0.15) is 0 Å². The summed E-state index contributed by atoms with van der Waals surface area (Å²) in [5.41, 5.74) is 2.43. The van der Waals surface area contributed by atoms with Crippen LogP contribution >= 0.6 is 11.3 Å². The molecule has 0 saturated carbocycles. The maximum Gasteiger partial charge on any atom is 0.0948 e. The van der Waals surface area contributed by atoms with Crippen LogP contribution in [0.4, 0.5) is 0 Å². The summed E-state index contributed by atoms with van der Waals surface area (Å²) in [4.78, 5) is 8.71. The maximum atomic E-state index is 4.48. The zero-order chi connectivity index (χ0) is 12.8. The minimum absolute atomic E-state index is 0.893. The average Bonchev–Trinajstić information content (AvgIpc) is 2.96. The molecule has 0 aliphatic heterocycles. The zero-order valence-corrected chi connectivity index (χ0v) is 11.8. The van der Waals surface area contributed by atoms with Crippen LogP contribution in [0.1, 0.15) is 29.7 Å². The molecule has 2 aromatic rings. The predicted molar refractivity (Wildman–Crippen MR) is 74.8 cm³/mol. The monoisotopic (exact) mass is 264 g/mol. The first-order chi connectivity index (χ1) is 8.79. The van der Waals surface area contributed by atoms with Gasteiger partial charge in [-0.05, 0) is 19.9 Å². The van der Waals surface area contributed by atoms with Gasteiger partial charge in [0.25, 0.3) is 0 Å². The molecule has 0 aromatic carbocycles.